The third-order valence-electron chi connectivity index (χ3n) is 4.72. The molecule has 2 heterocycles. The van der Waals surface area contributed by atoms with Crippen molar-refractivity contribution in [1.82, 2.24) is 19.7 Å². The van der Waals surface area contributed by atoms with Crippen LogP contribution in [-0.2, 0) is 16.1 Å². The number of ether oxygens (including phenoxy) is 1. The summed E-state index contributed by atoms with van der Waals surface area (Å²) in [5.41, 5.74) is 1.01. The minimum atomic E-state index is 0.185. The fraction of sp³-hybridized carbons (Fsp3) is 0.526. The summed E-state index contributed by atoms with van der Waals surface area (Å²) in [4.78, 5) is 14.6. The van der Waals surface area contributed by atoms with E-state index in [2.05, 4.69) is 17.1 Å². The average molecular weight is 375 g/mol. The van der Waals surface area contributed by atoms with Gasteiger partial charge in [-0.3, -0.25) is 9.36 Å². The van der Waals surface area contributed by atoms with Gasteiger partial charge in [-0.15, -0.1) is 10.2 Å². The number of piperidine rings is 1. The SMILES string of the molecule is COCCn1c(SCC(=O)N2CCCCC2C)nnc1-c1ccccc1. The molecule has 2 aromatic rings. The maximum Gasteiger partial charge on any atom is 0.233 e. The first-order valence-corrected chi connectivity index (χ1v) is 10.1. The van der Waals surface area contributed by atoms with Gasteiger partial charge in [-0.05, 0) is 26.2 Å². The lowest BCUT2D eigenvalue weighted by molar-refractivity contribution is -0.131. The number of methoxy groups -OCH3 is 1. The molecule has 1 aliphatic rings. The summed E-state index contributed by atoms with van der Waals surface area (Å²) in [5, 5.41) is 9.45. The van der Waals surface area contributed by atoms with Crippen molar-refractivity contribution in [2.75, 3.05) is 26.0 Å². The molecule has 1 aliphatic heterocycles. The molecule has 26 heavy (non-hydrogen) atoms. The first kappa shape index (κ1) is 18.9. The van der Waals surface area contributed by atoms with Crippen LogP contribution in [0.15, 0.2) is 35.5 Å². The van der Waals surface area contributed by atoms with E-state index in [1.54, 1.807) is 7.11 Å². The van der Waals surface area contributed by atoms with E-state index in [1.165, 1.54) is 18.2 Å². The van der Waals surface area contributed by atoms with Gasteiger partial charge in [-0.2, -0.15) is 0 Å². The zero-order valence-electron chi connectivity index (χ0n) is 15.4. The molecule has 0 N–H and O–H groups in total. The van der Waals surface area contributed by atoms with Gasteiger partial charge < -0.3 is 9.64 Å². The van der Waals surface area contributed by atoms with Gasteiger partial charge in [0.15, 0.2) is 11.0 Å². The Kier molecular flexibility index (Phi) is 6.68. The van der Waals surface area contributed by atoms with Crippen molar-refractivity contribution in [1.29, 1.82) is 0 Å². The van der Waals surface area contributed by atoms with Gasteiger partial charge in [0.05, 0.1) is 18.9 Å². The highest BCUT2D eigenvalue weighted by molar-refractivity contribution is 7.99. The number of amides is 1. The number of carbonyl (C=O) groups excluding carboxylic acids is 1. The van der Waals surface area contributed by atoms with Crippen molar-refractivity contribution in [2.45, 2.75) is 43.9 Å². The molecule has 0 radical (unpaired) electrons. The first-order valence-electron chi connectivity index (χ1n) is 9.10. The molecule has 0 aliphatic carbocycles. The Bertz CT molecular complexity index is 720. The zero-order valence-corrected chi connectivity index (χ0v) is 16.2. The van der Waals surface area contributed by atoms with E-state index in [9.17, 15) is 4.79 Å². The smallest absolute Gasteiger partial charge is 0.233 e. The second-order valence-corrected chi connectivity index (χ2v) is 7.48. The molecule has 0 spiro atoms. The van der Waals surface area contributed by atoms with Crippen LogP contribution in [0.5, 0.6) is 0 Å². The Balaban J connectivity index is 1.72. The van der Waals surface area contributed by atoms with Crippen LogP contribution in [0.2, 0.25) is 0 Å². The molecular weight excluding hydrogens is 348 g/mol. The first-order chi connectivity index (χ1) is 12.7. The standard InChI is InChI=1S/C19H26N4O2S/c1-15-8-6-7-11-22(15)17(24)14-26-19-21-20-18(23(19)12-13-25-2)16-9-4-3-5-10-16/h3-5,9-10,15H,6-8,11-14H2,1-2H3. The molecule has 1 atom stereocenters. The second kappa shape index (κ2) is 9.19. The van der Waals surface area contributed by atoms with Gasteiger partial charge in [0, 0.05) is 25.3 Å². The van der Waals surface area contributed by atoms with Crippen molar-refractivity contribution in [3.05, 3.63) is 30.3 Å². The molecule has 140 valence electrons. The number of benzene rings is 1. The third-order valence-corrected chi connectivity index (χ3v) is 5.67. The van der Waals surface area contributed by atoms with E-state index in [4.69, 9.17) is 4.74 Å². The lowest BCUT2D eigenvalue weighted by Crippen LogP contribution is -2.43. The van der Waals surface area contributed by atoms with Crippen LogP contribution in [0.3, 0.4) is 0 Å². The Labute approximate surface area is 158 Å². The topological polar surface area (TPSA) is 60.2 Å². The Hall–Kier alpha value is -1.86. The highest BCUT2D eigenvalue weighted by Crippen LogP contribution is 2.25. The average Bonchev–Trinajstić information content (AvgIpc) is 3.08. The molecule has 1 amide bonds. The van der Waals surface area contributed by atoms with Gasteiger partial charge in [-0.25, -0.2) is 0 Å². The minimum absolute atomic E-state index is 0.185. The number of thioether (sulfide) groups is 1. The predicted octanol–water partition coefficient (Wildman–Crippen LogP) is 3.08. The van der Waals surface area contributed by atoms with Crippen molar-refractivity contribution in [2.24, 2.45) is 0 Å². The lowest BCUT2D eigenvalue weighted by atomic mass is 10.0. The summed E-state index contributed by atoms with van der Waals surface area (Å²) in [5.74, 6) is 1.39. The van der Waals surface area contributed by atoms with Gasteiger partial charge in [0.25, 0.3) is 0 Å². The van der Waals surface area contributed by atoms with E-state index in [1.807, 2.05) is 39.8 Å². The van der Waals surface area contributed by atoms with Crippen LogP contribution < -0.4 is 0 Å². The number of rotatable bonds is 7. The molecule has 1 aromatic carbocycles. The van der Waals surface area contributed by atoms with Crippen molar-refractivity contribution in [3.8, 4) is 11.4 Å². The van der Waals surface area contributed by atoms with Crippen molar-refractivity contribution < 1.29 is 9.53 Å². The molecule has 1 unspecified atom stereocenters. The molecule has 6 nitrogen and oxygen atoms in total. The van der Waals surface area contributed by atoms with Gasteiger partial charge in [0.1, 0.15) is 0 Å². The fourth-order valence-corrected chi connectivity index (χ4v) is 4.11. The summed E-state index contributed by atoms with van der Waals surface area (Å²) in [6.45, 7) is 4.23. The zero-order chi connectivity index (χ0) is 18.4. The number of likely N-dealkylation sites (tertiary alicyclic amines) is 1. The monoisotopic (exact) mass is 374 g/mol. The molecule has 1 saturated heterocycles. The molecule has 7 heteroatoms. The van der Waals surface area contributed by atoms with E-state index in [0.29, 0.717) is 24.9 Å². The summed E-state index contributed by atoms with van der Waals surface area (Å²) in [6.07, 6.45) is 3.41. The number of hydrogen-bond acceptors (Lipinski definition) is 5. The Morgan fingerprint density at radius 2 is 2.08 bits per heavy atom. The molecule has 1 fully saturated rings. The number of aromatic nitrogens is 3. The van der Waals surface area contributed by atoms with Crippen LogP contribution in [0.25, 0.3) is 11.4 Å². The fourth-order valence-electron chi connectivity index (χ4n) is 3.26. The van der Waals surface area contributed by atoms with Crippen LogP contribution in [-0.4, -0.2) is 57.6 Å². The van der Waals surface area contributed by atoms with E-state index < -0.39 is 0 Å². The predicted molar refractivity (Wildman–Crippen MR) is 103 cm³/mol. The number of nitrogens with zero attached hydrogens (tertiary/aromatic N) is 4. The molecule has 1 aromatic heterocycles. The normalized spacial score (nSPS) is 17.5. The third kappa shape index (κ3) is 4.45. The summed E-state index contributed by atoms with van der Waals surface area (Å²) >= 11 is 1.46. The van der Waals surface area contributed by atoms with Crippen LogP contribution in [0, 0.1) is 0 Å². The highest BCUT2D eigenvalue weighted by atomic mass is 32.2. The molecule has 0 bridgehead atoms. The maximum absolute atomic E-state index is 12.6. The number of carbonyl (C=O) groups is 1. The second-order valence-electron chi connectivity index (χ2n) is 6.54. The van der Waals surface area contributed by atoms with Crippen LogP contribution >= 0.6 is 11.8 Å². The van der Waals surface area contributed by atoms with Gasteiger partial charge in [-0.1, -0.05) is 42.1 Å². The number of hydrogen-bond donors (Lipinski definition) is 0. The van der Waals surface area contributed by atoms with Gasteiger partial charge in [0.2, 0.25) is 5.91 Å². The largest absolute Gasteiger partial charge is 0.383 e. The van der Waals surface area contributed by atoms with E-state index in [0.717, 1.165) is 35.9 Å². The molecule has 3 rings (SSSR count). The Morgan fingerprint density at radius 3 is 2.81 bits per heavy atom. The lowest BCUT2D eigenvalue weighted by Gasteiger charge is -2.33. The van der Waals surface area contributed by atoms with E-state index >= 15 is 0 Å². The summed E-state index contributed by atoms with van der Waals surface area (Å²) in [6, 6.07) is 10.3. The van der Waals surface area contributed by atoms with Gasteiger partial charge >= 0.3 is 0 Å². The molecular formula is C19H26N4O2S. The van der Waals surface area contributed by atoms with Crippen LogP contribution in [0.1, 0.15) is 26.2 Å². The van der Waals surface area contributed by atoms with E-state index in [-0.39, 0.29) is 5.91 Å². The Morgan fingerprint density at radius 1 is 1.27 bits per heavy atom. The quantitative estimate of drug-likeness (QED) is 0.697. The minimum Gasteiger partial charge on any atom is -0.383 e. The van der Waals surface area contributed by atoms with Crippen molar-refractivity contribution >= 4 is 17.7 Å². The van der Waals surface area contributed by atoms with Crippen molar-refractivity contribution in [3.63, 3.8) is 0 Å². The summed E-state index contributed by atoms with van der Waals surface area (Å²) < 4.78 is 7.27. The van der Waals surface area contributed by atoms with Crippen LogP contribution in [0.4, 0.5) is 0 Å². The highest BCUT2D eigenvalue weighted by Gasteiger charge is 2.24. The molecule has 0 saturated carbocycles. The summed E-state index contributed by atoms with van der Waals surface area (Å²) in [7, 11) is 1.68. The maximum atomic E-state index is 12.6.